The van der Waals surface area contributed by atoms with Gasteiger partial charge in [0.15, 0.2) is 0 Å². The molecule has 0 aromatic heterocycles. The quantitative estimate of drug-likeness (QED) is 0.0421. The van der Waals surface area contributed by atoms with Crippen molar-refractivity contribution in [3.8, 4) is 5.75 Å². The Hall–Kier alpha value is -6.85. The first-order chi connectivity index (χ1) is 29.2. The van der Waals surface area contributed by atoms with Gasteiger partial charge in [-0.3, -0.25) is 47.9 Å². The Kier molecular flexibility index (Phi) is 22.2. The van der Waals surface area contributed by atoms with Gasteiger partial charge >= 0.3 is 11.9 Å². The molecule has 1 aromatic carbocycles. The number of benzene rings is 1. The summed E-state index contributed by atoms with van der Waals surface area (Å²) >= 11 is 0. The van der Waals surface area contributed by atoms with Gasteiger partial charge in [0.05, 0.1) is 25.4 Å². The first-order valence-corrected chi connectivity index (χ1v) is 19.9. The van der Waals surface area contributed by atoms with Crippen molar-refractivity contribution in [1.82, 2.24) is 42.5 Å². The monoisotopic (exact) mass is 892 g/mol. The Bertz CT molecular complexity index is 1840. The molecule has 1 rings (SSSR count). The molecule has 8 atom stereocenters. The smallest absolute Gasteiger partial charge is 0.326 e. The maximum atomic E-state index is 13.4. The highest BCUT2D eigenvalue weighted by molar-refractivity contribution is 5.99. The van der Waals surface area contributed by atoms with Gasteiger partial charge in [-0.25, -0.2) is 4.79 Å². The number of nitrogens with one attached hydrogen (secondary N) is 8. The molecule has 24 nitrogen and oxygen atoms in total. The topological polar surface area (TPSA) is 397 Å². The number of carbonyl (C=O) groups is 11. The maximum Gasteiger partial charge on any atom is 0.326 e. The minimum atomic E-state index is -1.84. The molecule has 9 amide bonds. The van der Waals surface area contributed by atoms with Gasteiger partial charge in [-0.15, -0.1) is 0 Å². The number of aliphatic carboxylic acids is 2. The molecule has 0 heterocycles. The molecule has 350 valence electrons. The highest BCUT2D eigenvalue weighted by Gasteiger charge is 2.35. The predicted molar refractivity (Wildman–Crippen MR) is 221 cm³/mol. The molecule has 0 aliphatic rings. The molecule has 0 saturated heterocycles. The molecule has 63 heavy (non-hydrogen) atoms. The Morgan fingerprint density at radius 3 is 1.56 bits per heavy atom. The van der Waals surface area contributed by atoms with Crippen molar-refractivity contribution in [2.24, 2.45) is 23.3 Å². The third-order valence-electron chi connectivity index (χ3n) is 9.05. The first kappa shape index (κ1) is 54.2. The fraction of sp³-hybridized carbons (Fsp3) is 0.564. The Balaban J connectivity index is 2.84. The summed E-state index contributed by atoms with van der Waals surface area (Å²) in [5.41, 5.74) is 11.9. The van der Waals surface area contributed by atoms with Crippen molar-refractivity contribution in [1.29, 1.82) is 0 Å². The zero-order valence-electron chi connectivity index (χ0n) is 36.1. The van der Waals surface area contributed by atoms with Crippen LogP contribution in [0.4, 0.5) is 0 Å². The number of carboxylic acid groups (broad SMARTS) is 2. The lowest BCUT2D eigenvalue weighted by Crippen LogP contribution is -2.60. The van der Waals surface area contributed by atoms with Gasteiger partial charge in [-0.05, 0) is 63.1 Å². The molecule has 24 heteroatoms. The van der Waals surface area contributed by atoms with Crippen LogP contribution in [0.2, 0.25) is 0 Å². The van der Waals surface area contributed by atoms with Crippen molar-refractivity contribution >= 4 is 65.1 Å². The molecule has 0 spiro atoms. The molecule has 1 aromatic rings. The van der Waals surface area contributed by atoms with Crippen molar-refractivity contribution in [3.05, 3.63) is 29.8 Å². The van der Waals surface area contributed by atoms with Gasteiger partial charge in [0.2, 0.25) is 53.2 Å². The number of phenols is 1. The van der Waals surface area contributed by atoms with Gasteiger partial charge in [0.1, 0.15) is 48.0 Å². The van der Waals surface area contributed by atoms with E-state index < -0.39 is 139 Å². The molecule has 0 radical (unpaired) electrons. The molecule has 0 unspecified atom stereocenters. The van der Waals surface area contributed by atoms with Crippen LogP contribution < -0.4 is 54.0 Å². The van der Waals surface area contributed by atoms with E-state index in [1.54, 1.807) is 26.0 Å². The van der Waals surface area contributed by atoms with Crippen LogP contribution in [-0.4, -0.2) is 135 Å². The number of aromatic hydroxyl groups is 1. The minimum Gasteiger partial charge on any atom is -0.508 e. The van der Waals surface area contributed by atoms with E-state index in [0.29, 0.717) is 5.56 Å². The van der Waals surface area contributed by atoms with Gasteiger partial charge in [0.25, 0.3) is 0 Å². The number of phenolic OH excluding ortho intramolecular Hbond substituents is 1. The zero-order valence-corrected chi connectivity index (χ0v) is 36.1. The molecule has 0 fully saturated rings. The van der Waals surface area contributed by atoms with E-state index in [0.717, 1.165) is 0 Å². The van der Waals surface area contributed by atoms with E-state index in [1.807, 2.05) is 0 Å². The number of carboxylic acids is 2. The first-order valence-electron chi connectivity index (χ1n) is 19.9. The van der Waals surface area contributed by atoms with E-state index >= 15 is 0 Å². The van der Waals surface area contributed by atoms with E-state index in [1.165, 1.54) is 46.8 Å². The standard InChI is InChI=1S/C39H60N10O14/c1-17(2)12-27(39(62)63)48-37(60)26(15-30(53)54)46-36(59)25(14-28(41)51)47-38(61)31(18(3)4)49-34(57)21(7)44-33(56)20(6)43-29(52)16-42-32(55)19(5)45-35(58)24(40)13-22-8-10-23(50)11-9-22/h8-11,17-21,24-27,31,50H,12-16,40H2,1-7H3,(H2,41,51)(H,42,55)(H,43,52)(H,44,56)(H,45,58)(H,46,59)(H,47,61)(H,48,60)(H,49,57)(H,53,54)(H,62,63)/t19-,20-,21-,24-,25-,26-,27-,31-/m0/s1. The molecule has 0 aliphatic carbocycles. The van der Waals surface area contributed by atoms with Gasteiger partial charge in [-0.1, -0.05) is 39.8 Å². The van der Waals surface area contributed by atoms with Gasteiger partial charge in [-0.2, -0.15) is 0 Å². The van der Waals surface area contributed by atoms with Crippen molar-refractivity contribution < 1.29 is 68.1 Å². The van der Waals surface area contributed by atoms with Crippen molar-refractivity contribution in [3.63, 3.8) is 0 Å². The number of hydrogen-bond donors (Lipinski definition) is 13. The number of hydrogen-bond acceptors (Lipinski definition) is 13. The summed E-state index contributed by atoms with van der Waals surface area (Å²) in [4.78, 5) is 138. The number of nitrogens with two attached hydrogens (primary N) is 2. The van der Waals surface area contributed by atoms with Crippen LogP contribution in [0.3, 0.4) is 0 Å². The number of rotatable bonds is 26. The third-order valence-corrected chi connectivity index (χ3v) is 9.05. The molecule has 0 aliphatic heterocycles. The molecular weight excluding hydrogens is 832 g/mol. The SMILES string of the molecule is CC(C)C[C@H](NC(=O)[C@H](CC(=O)O)NC(=O)[C@H](CC(N)=O)NC(=O)[C@@H](NC(=O)[C@H](C)NC(=O)[C@H](C)NC(=O)CNC(=O)[C@H](C)NC(=O)[C@@H](N)Cc1ccc(O)cc1)C(C)C)C(=O)O. The lowest BCUT2D eigenvalue weighted by atomic mass is 10.0. The summed E-state index contributed by atoms with van der Waals surface area (Å²) in [6, 6.07) is -5.10. The third kappa shape index (κ3) is 20.0. The highest BCUT2D eigenvalue weighted by Crippen LogP contribution is 2.11. The van der Waals surface area contributed by atoms with Crippen LogP contribution in [0.25, 0.3) is 0 Å². The lowest BCUT2D eigenvalue weighted by Gasteiger charge is -2.27. The second kappa shape index (κ2) is 25.8. The summed E-state index contributed by atoms with van der Waals surface area (Å²) in [6.07, 6.45) is -1.74. The minimum absolute atomic E-state index is 0.0247. The molecule has 0 bridgehead atoms. The second-order valence-electron chi connectivity index (χ2n) is 15.6. The number of carbonyl (C=O) groups excluding carboxylic acids is 9. The maximum absolute atomic E-state index is 13.4. The van der Waals surface area contributed by atoms with Crippen LogP contribution in [0, 0.1) is 11.8 Å². The van der Waals surface area contributed by atoms with Crippen LogP contribution in [0.15, 0.2) is 24.3 Å². The van der Waals surface area contributed by atoms with Gasteiger partial charge in [0, 0.05) is 0 Å². The van der Waals surface area contributed by atoms with Crippen molar-refractivity contribution in [2.45, 2.75) is 122 Å². The molecule has 0 saturated carbocycles. The fourth-order valence-corrected chi connectivity index (χ4v) is 5.55. The summed E-state index contributed by atoms with van der Waals surface area (Å²) < 4.78 is 0. The highest BCUT2D eigenvalue weighted by atomic mass is 16.4. The zero-order chi connectivity index (χ0) is 48.3. The Morgan fingerprint density at radius 2 is 1.05 bits per heavy atom. The van der Waals surface area contributed by atoms with Crippen LogP contribution >= 0.6 is 0 Å². The summed E-state index contributed by atoms with van der Waals surface area (Å²) in [5, 5.41) is 46.7. The Morgan fingerprint density at radius 1 is 0.571 bits per heavy atom. The van der Waals surface area contributed by atoms with Crippen LogP contribution in [-0.2, 0) is 59.2 Å². The molecule has 15 N–H and O–H groups in total. The largest absolute Gasteiger partial charge is 0.508 e. The fourth-order valence-electron chi connectivity index (χ4n) is 5.55. The van der Waals surface area contributed by atoms with E-state index in [4.69, 9.17) is 11.5 Å². The number of amides is 9. The summed E-state index contributed by atoms with van der Waals surface area (Å²) in [6.45, 7) is 9.71. The Labute approximate surface area is 363 Å². The molecular formula is C39H60N10O14. The lowest BCUT2D eigenvalue weighted by molar-refractivity contribution is -0.144. The summed E-state index contributed by atoms with van der Waals surface area (Å²) in [7, 11) is 0. The van der Waals surface area contributed by atoms with Crippen molar-refractivity contribution in [2.75, 3.05) is 6.54 Å². The normalized spacial score (nSPS) is 14.8. The average Bonchev–Trinajstić information content (AvgIpc) is 3.17. The van der Waals surface area contributed by atoms with Crippen LogP contribution in [0.1, 0.15) is 73.3 Å². The predicted octanol–water partition coefficient (Wildman–Crippen LogP) is -4.03. The second-order valence-corrected chi connectivity index (χ2v) is 15.6. The average molecular weight is 893 g/mol. The van der Waals surface area contributed by atoms with Crippen LogP contribution in [0.5, 0.6) is 5.75 Å². The number of primary amides is 1. The van der Waals surface area contributed by atoms with E-state index in [2.05, 4.69) is 42.5 Å². The van der Waals surface area contributed by atoms with E-state index in [-0.39, 0.29) is 24.5 Å². The van der Waals surface area contributed by atoms with Gasteiger partial charge < -0.3 is 69.3 Å². The summed E-state index contributed by atoms with van der Waals surface area (Å²) in [5.74, 6) is -12.2. The van der Waals surface area contributed by atoms with E-state index in [9.17, 15) is 68.1 Å².